The fourth-order valence-electron chi connectivity index (χ4n) is 13.3. The van der Waals surface area contributed by atoms with Gasteiger partial charge in [-0.2, -0.15) is 0 Å². The molecule has 7 rings (SSSR count). The molecule has 0 aromatic rings. The summed E-state index contributed by atoms with van der Waals surface area (Å²) in [5, 5.41) is 0. The summed E-state index contributed by atoms with van der Waals surface area (Å²) in [6.45, 7) is 25.7. The SMILES string of the molecule is CC1=CC[C@]2([C@H](C)C(C)C)CCC3(C)C4CCC5C6(SCC(OC[C@](C)(N)C(C)C)[C@@]5(C)CC5CCC5C6C)C4=CC[C@]13C2. The van der Waals surface area contributed by atoms with E-state index in [1.54, 1.807) is 5.57 Å². The number of ether oxygens (including phenoxy) is 1. The molecule has 0 amide bonds. The first-order chi connectivity index (χ1) is 20.6. The largest absolute Gasteiger partial charge is 0.375 e. The lowest BCUT2D eigenvalue weighted by Gasteiger charge is -2.71. The summed E-state index contributed by atoms with van der Waals surface area (Å²) in [5.74, 6) is 7.13. The van der Waals surface area contributed by atoms with Crippen molar-refractivity contribution < 1.29 is 4.74 Å². The molecule has 3 heteroatoms. The lowest BCUT2D eigenvalue weighted by molar-refractivity contribution is -0.128. The number of hydrogen-bond acceptors (Lipinski definition) is 3. The zero-order valence-corrected chi connectivity index (χ0v) is 31.0. The van der Waals surface area contributed by atoms with Gasteiger partial charge in [-0.3, -0.25) is 0 Å². The summed E-state index contributed by atoms with van der Waals surface area (Å²) in [6, 6.07) is 0. The van der Waals surface area contributed by atoms with Crippen molar-refractivity contribution in [3.05, 3.63) is 23.3 Å². The van der Waals surface area contributed by atoms with Crippen molar-refractivity contribution in [2.75, 3.05) is 12.4 Å². The molecule has 1 spiro atoms. The molecule has 44 heavy (non-hydrogen) atoms. The number of thioether (sulfide) groups is 1. The molecule has 248 valence electrons. The first-order valence-corrected chi connectivity index (χ1v) is 20.0. The Morgan fingerprint density at radius 2 is 1.77 bits per heavy atom. The highest BCUT2D eigenvalue weighted by molar-refractivity contribution is 8.01. The van der Waals surface area contributed by atoms with Gasteiger partial charge in [0.05, 0.1) is 12.7 Å². The Bertz CT molecular complexity index is 1220. The third-order valence-corrected chi connectivity index (χ3v) is 19.2. The van der Waals surface area contributed by atoms with Crippen molar-refractivity contribution in [2.45, 2.75) is 150 Å². The van der Waals surface area contributed by atoms with Crippen LogP contribution >= 0.6 is 11.8 Å². The lowest BCUT2D eigenvalue weighted by Crippen LogP contribution is -2.66. The highest BCUT2D eigenvalue weighted by Crippen LogP contribution is 2.78. The van der Waals surface area contributed by atoms with E-state index in [9.17, 15) is 0 Å². The Labute approximate surface area is 275 Å². The predicted octanol–water partition coefficient (Wildman–Crippen LogP) is 10.5. The van der Waals surface area contributed by atoms with Gasteiger partial charge in [0.15, 0.2) is 0 Å². The third-order valence-electron chi connectivity index (χ3n) is 17.4. The van der Waals surface area contributed by atoms with Gasteiger partial charge in [-0.1, -0.05) is 78.7 Å². The van der Waals surface area contributed by atoms with Crippen LogP contribution in [0, 0.1) is 69.0 Å². The van der Waals surface area contributed by atoms with Crippen LogP contribution < -0.4 is 5.73 Å². The Morgan fingerprint density at radius 1 is 1.02 bits per heavy atom. The van der Waals surface area contributed by atoms with Crippen LogP contribution in [0.5, 0.6) is 0 Å². The lowest BCUT2D eigenvalue weighted by atomic mass is 9.36. The monoisotopic (exact) mass is 621 g/mol. The molecule has 7 aliphatic rings. The maximum atomic E-state index is 7.03. The summed E-state index contributed by atoms with van der Waals surface area (Å²) >= 11 is 2.38. The number of nitrogens with two attached hydrogens (primary N) is 1. The van der Waals surface area contributed by atoms with E-state index in [0.29, 0.717) is 40.8 Å². The van der Waals surface area contributed by atoms with E-state index in [2.05, 4.69) is 93.2 Å². The summed E-state index contributed by atoms with van der Waals surface area (Å²) in [6.07, 6.45) is 19.9. The third kappa shape index (κ3) is 4.06. The Kier molecular flexibility index (Phi) is 7.62. The highest BCUT2D eigenvalue weighted by atomic mass is 32.2. The Morgan fingerprint density at radius 3 is 2.43 bits per heavy atom. The second-order valence-corrected chi connectivity index (χ2v) is 20.6. The van der Waals surface area contributed by atoms with E-state index in [0.717, 1.165) is 41.3 Å². The van der Waals surface area contributed by atoms with Crippen molar-refractivity contribution in [3.63, 3.8) is 0 Å². The van der Waals surface area contributed by atoms with Gasteiger partial charge in [0.1, 0.15) is 0 Å². The van der Waals surface area contributed by atoms with Crippen LogP contribution in [-0.4, -0.2) is 28.7 Å². The molecule has 1 aliphatic heterocycles. The average molecular weight is 622 g/mol. The van der Waals surface area contributed by atoms with Crippen LogP contribution in [-0.2, 0) is 4.74 Å². The van der Waals surface area contributed by atoms with Crippen molar-refractivity contribution in [3.8, 4) is 0 Å². The molecule has 4 saturated carbocycles. The summed E-state index contributed by atoms with van der Waals surface area (Å²) < 4.78 is 7.32. The standard InChI is InChI=1S/C41H67NOS/c1-25(2)28(6)39-17-15-27(5)40(23-39)18-16-33-32(37(40,9)19-20-39)13-14-34-36(8)21-30-11-12-31(30)29(7)41(33,34)44-22-35(36)43-24-38(10,42)26(3)4/h15-16,25-26,28-32,34-35H,11-14,17-24,42H2,1-10H3/t28-,29?,30?,31?,32?,34?,35?,36+,37?,38+,39+,40+,41?/m1/s1. The van der Waals surface area contributed by atoms with E-state index in [4.69, 9.17) is 10.5 Å². The number of fused-ring (bicyclic) bond motifs is 4. The summed E-state index contributed by atoms with van der Waals surface area (Å²) in [7, 11) is 0. The predicted molar refractivity (Wildman–Crippen MR) is 189 cm³/mol. The van der Waals surface area contributed by atoms with E-state index in [1.165, 1.54) is 64.2 Å². The van der Waals surface area contributed by atoms with Crippen molar-refractivity contribution >= 4 is 11.8 Å². The summed E-state index contributed by atoms with van der Waals surface area (Å²) in [5.41, 5.74) is 11.7. The van der Waals surface area contributed by atoms with Gasteiger partial charge in [0, 0.05) is 21.5 Å². The van der Waals surface area contributed by atoms with Crippen LogP contribution in [0.25, 0.3) is 0 Å². The minimum atomic E-state index is -0.270. The second kappa shape index (κ2) is 10.4. The Hall–Kier alpha value is -0.250. The van der Waals surface area contributed by atoms with Crippen molar-refractivity contribution in [2.24, 2.45) is 74.7 Å². The van der Waals surface area contributed by atoms with Gasteiger partial charge in [0.25, 0.3) is 0 Å². The van der Waals surface area contributed by atoms with Gasteiger partial charge in [-0.25, -0.2) is 0 Å². The molecule has 0 radical (unpaired) electrons. The highest BCUT2D eigenvalue weighted by Gasteiger charge is 2.71. The van der Waals surface area contributed by atoms with Gasteiger partial charge < -0.3 is 10.5 Å². The molecular formula is C41H67NOS. The first kappa shape index (κ1) is 32.3. The molecule has 2 nitrogen and oxygen atoms in total. The molecule has 6 aliphatic carbocycles. The molecule has 4 bridgehead atoms. The molecule has 1 heterocycles. The maximum Gasteiger partial charge on any atom is 0.0723 e. The Balaban J connectivity index is 1.29. The maximum absolute atomic E-state index is 7.03. The van der Waals surface area contributed by atoms with E-state index in [-0.39, 0.29) is 15.7 Å². The fourth-order valence-corrected chi connectivity index (χ4v) is 15.6. The van der Waals surface area contributed by atoms with Crippen molar-refractivity contribution in [1.82, 2.24) is 0 Å². The van der Waals surface area contributed by atoms with Gasteiger partial charge >= 0.3 is 0 Å². The molecule has 2 N–H and O–H groups in total. The van der Waals surface area contributed by atoms with Gasteiger partial charge in [-0.15, -0.1) is 11.8 Å². The molecular weight excluding hydrogens is 555 g/mol. The molecule has 1 saturated heterocycles. The van der Waals surface area contributed by atoms with E-state index < -0.39 is 0 Å². The quantitative estimate of drug-likeness (QED) is 0.300. The molecule has 13 atom stereocenters. The first-order valence-electron chi connectivity index (χ1n) is 19.0. The van der Waals surface area contributed by atoms with E-state index in [1.807, 2.05) is 5.57 Å². The molecule has 0 aromatic heterocycles. The van der Waals surface area contributed by atoms with Crippen LogP contribution in [0.3, 0.4) is 0 Å². The number of hydrogen-bond donors (Lipinski definition) is 1. The molecule has 5 fully saturated rings. The van der Waals surface area contributed by atoms with Crippen LogP contribution in [0.2, 0.25) is 0 Å². The second-order valence-electron chi connectivity index (χ2n) is 19.3. The molecule has 8 unspecified atom stereocenters. The zero-order chi connectivity index (χ0) is 31.7. The topological polar surface area (TPSA) is 35.2 Å². The van der Waals surface area contributed by atoms with Gasteiger partial charge in [-0.05, 0) is 142 Å². The van der Waals surface area contributed by atoms with Gasteiger partial charge in [0.2, 0.25) is 0 Å². The molecule has 0 aromatic carbocycles. The normalized spacial score (nSPS) is 51.4. The van der Waals surface area contributed by atoms with Crippen molar-refractivity contribution in [1.29, 1.82) is 0 Å². The van der Waals surface area contributed by atoms with E-state index >= 15 is 0 Å². The fraction of sp³-hybridized carbons (Fsp3) is 0.902. The number of rotatable bonds is 6. The smallest absolute Gasteiger partial charge is 0.0723 e. The average Bonchev–Trinajstić information content (AvgIpc) is 2.99. The van der Waals surface area contributed by atoms with Crippen LogP contribution in [0.4, 0.5) is 0 Å². The van der Waals surface area contributed by atoms with Crippen LogP contribution in [0.15, 0.2) is 23.3 Å². The number of allylic oxidation sites excluding steroid dienone is 3. The minimum absolute atomic E-state index is 0.239. The minimum Gasteiger partial charge on any atom is -0.375 e. The zero-order valence-electron chi connectivity index (χ0n) is 30.2. The summed E-state index contributed by atoms with van der Waals surface area (Å²) in [4.78, 5) is 0. The van der Waals surface area contributed by atoms with Crippen LogP contribution in [0.1, 0.15) is 133 Å².